The van der Waals surface area contributed by atoms with Crippen molar-refractivity contribution in [1.29, 1.82) is 0 Å². The SMILES string of the molecule is Cc1nc(CCCOc2ccc(N)cc2)sc1C. The summed E-state index contributed by atoms with van der Waals surface area (Å²) in [6.45, 7) is 4.88. The van der Waals surface area contributed by atoms with Crippen LogP contribution in [0.2, 0.25) is 0 Å². The van der Waals surface area contributed by atoms with Gasteiger partial charge >= 0.3 is 0 Å². The minimum absolute atomic E-state index is 0.710. The molecule has 0 aliphatic rings. The fourth-order valence-corrected chi connectivity index (χ4v) is 2.60. The van der Waals surface area contributed by atoms with Crippen LogP contribution in [0.3, 0.4) is 0 Å². The molecule has 0 fully saturated rings. The summed E-state index contributed by atoms with van der Waals surface area (Å²) in [5, 5.41) is 1.20. The monoisotopic (exact) mass is 262 g/mol. The largest absolute Gasteiger partial charge is 0.494 e. The Kier molecular flexibility index (Phi) is 4.20. The molecule has 0 aliphatic carbocycles. The number of nitrogen functional groups attached to an aromatic ring is 1. The van der Waals surface area contributed by atoms with Crippen LogP contribution in [0.15, 0.2) is 24.3 Å². The number of aryl methyl sites for hydroxylation is 3. The average molecular weight is 262 g/mol. The number of anilines is 1. The second-order valence-electron chi connectivity index (χ2n) is 4.27. The predicted octanol–water partition coefficient (Wildman–Crippen LogP) is 3.35. The molecule has 2 N–H and O–H groups in total. The Labute approximate surface area is 112 Å². The van der Waals surface area contributed by atoms with Crippen LogP contribution in [-0.2, 0) is 6.42 Å². The molecule has 2 rings (SSSR count). The normalized spacial score (nSPS) is 10.6. The average Bonchev–Trinajstić information content (AvgIpc) is 2.67. The van der Waals surface area contributed by atoms with Crippen molar-refractivity contribution in [2.75, 3.05) is 12.3 Å². The Hall–Kier alpha value is -1.55. The van der Waals surface area contributed by atoms with E-state index in [0.29, 0.717) is 6.61 Å². The Morgan fingerprint density at radius 3 is 2.56 bits per heavy atom. The third kappa shape index (κ3) is 3.47. The van der Waals surface area contributed by atoms with Gasteiger partial charge in [-0.15, -0.1) is 11.3 Å². The smallest absolute Gasteiger partial charge is 0.119 e. The van der Waals surface area contributed by atoms with Crippen LogP contribution in [0.25, 0.3) is 0 Å². The van der Waals surface area contributed by atoms with Crippen molar-refractivity contribution in [3.63, 3.8) is 0 Å². The van der Waals surface area contributed by atoms with E-state index in [-0.39, 0.29) is 0 Å². The van der Waals surface area contributed by atoms with Gasteiger partial charge in [-0.3, -0.25) is 0 Å². The molecular formula is C14H18N2OS. The van der Waals surface area contributed by atoms with Crippen molar-refractivity contribution >= 4 is 17.0 Å². The van der Waals surface area contributed by atoms with Crippen molar-refractivity contribution in [3.8, 4) is 5.75 Å². The van der Waals surface area contributed by atoms with Crippen molar-refractivity contribution in [2.24, 2.45) is 0 Å². The number of aromatic nitrogens is 1. The van der Waals surface area contributed by atoms with Crippen molar-refractivity contribution in [3.05, 3.63) is 39.8 Å². The number of nitrogens with zero attached hydrogens (tertiary/aromatic N) is 1. The molecule has 96 valence electrons. The molecule has 0 unspecified atom stereocenters. The molecule has 1 aromatic heterocycles. The number of benzene rings is 1. The van der Waals surface area contributed by atoms with E-state index < -0.39 is 0 Å². The molecule has 0 bridgehead atoms. The number of thiazole rings is 1. The molecule has 0 amide bonds. The fourth-order valence-electron chi connectivity index (χ4n) is 1.62. The lowest BCUT2D eigenvalue weighted by molar-refractivity contribution is 0.311. The van der Waals surface area contributed by atoms with Crippen molar-refractivity contribution in [2.45, 2.75) is 26.7 Å². The standard InChI is InChI=1S/C14H18N2OS/c1-10-11(2)18-14(16-10)4-3-9-17-13-7-5-12(15)6-8-13/h5-8H,3-4,9,15H2,1-2H3. The van der Waals surface area contributed by atoms with Gasteiger partial charge in [0.05, 0.1) is 17.3 Å². The van der Waals surface area contributed by atoms with Gasteiger partial charge in [0, 0.05) is 17.0 Å². The summed E-state index contributed by atoms with van der Waals surface area (Å²) in [4.78, 5) is 5.82. The number of nitrogens with two attached hydrogens (primary N) is 1. The lowest BCUT2D eigenvalue weighted by atomic mass is 10.3. The Morgan fingerprint density at radius 2 is 1.94 bits per heavy atom. The lowest BCUT2D eigenvalue weighted by Gasteiger charge is -2.05. The summed E-state index contributed by atoms with van der Waals surface area (Å²) < 4.78 is 5.64. The first-order valence-electron chi connectivity index (χ1n) is 6.06. The van der Waals surface area contributed by atoms with Crippen LogP contribution in [0, 0.1) is 13.8 Å². The molecular weight excluding hydrogens is 244 g/mol. The Bertz CT molecular complexity index is 486. The van der Waals surface area contributed by atoms with Gasteiger partial charge in [-0.2, -0.15) is 0 Å². The Morgan fingerprint density at radius 1 is 1.22 bits per heavy atom. The number of hydrogen-bond acceptors (Lipinski definition) is 4. The Balaban J connectivity index is 1.74. The molecule has 18 heavy (non-hydrogen) atoms. The minimum atomic E-state index is 0.710. The topological polar surface area (TPSA) is 48.1 Å². The van der Waals surface area contributed by atoms with Gasteiger partial charge in [-0.25, -0.2) is 4.98 Å². The molecule has 0 saturated carbocycles. The van der Waals surface area contributed by atoms with E-state index in [0.717, 1.165) is 30.0 Å². The maximum Gasteiger partial charge on any atom is 0.119 e. The zero-order chi connectivity index (χ0) is 13.0. The number of rotatable bonds is 5. The van der Waals surface area contributed by atoms with Crippen LogP contribution >= 0.6 is 11.3 Å². The first-order chi connectivity index (χ1) is 8.65. The van der Waals surface area contributed by atoms with Crippen LogP contribution < -0.4 is 10.5 Å². The zero-order valence-electron chi connectivity index (χ0n) is 10.8. The van der Waals surface area contributed by atoms with E-state index in [2.05, 4.69) is 18.8 Å². The third-order valence-electron chi connectivity index (χ3n) is 2.76. The molecule has 3 nitrogen and oxygen atoms in total. The summed E-state index contributed by atoms with van der Waals surface area (Å²) in [5.74, 6) is 0.871. The van der Waals surface area contributed by atoms with E-state index in [1.165, 1.54) is 9.88 Å². The summed E-state index contributed by atoms with van der Waals surface area (Å²) in [6, 6.07) is 7.49. The molecule has 2 aromatic rings. The van der Waals surface area contributed by atoms with Gasteiger partial charge in [-0.05, 0) is 44.5 Å². The van der Waals surface area contributed by atoms with Gasteiger partial charge in [0.25, 0.3) is 0 Å². The first-order valence-corrected chi connectivity index (χ1v) is 6.88. The van der Waals surface area contributed by atoms with E-state index in [9.17, 15) is 0 Å². The minimum Gasteiger partial charge on any atom is -0.494 e. The molecule has 1 heterocycles. The molecule has 1 aromatic carbocycles. The predicted molar refractivity (Wildman–Crippen MR) is 76.3 cm³/mol. The summed E-state index contributed by atoms with van der Waals surface area (Å²) in [7, 11) is 0. The molecule has 0 aliphatic heterocycles. The molecule has 4 heteroatoms. The quantitative estimate of drug-likeness (QED) is 0.664. The van der Waals surface area contributed by atoms with Crippen LogP contribution in [0.4, 0.5) is 5.69 Å². The van der Waals surface area contributed by atoms with Gasteiger partial charge in [0.1, 0.15) is 5.75 Å². The molecule has 0 spiro atoms. The van der Waals surface area contributed by atoms with Crippen LogP contribution in [0.1, 0.15) is 22.0 Å². The fraction of sp³-hybridized carbons (Fsp3) is 0.357. The van der Waals surface area contributed by atoms with Crippen molar-refractivity contribution in [1.82, 2.24) is 4.98 Å². The molecule has 0 saturated heterocycles. The van der Waals surface area contributed by atoms with E-state index >= 15 is 0 Å². The summed E-state index contributed by atoms with van der Waals surface area (Å²) in [5.41, 5.74) is 7.52. The highest BCUT2D eigenvalue weighted by molar-refractivity contribution is 7.11. The van der Waals surface area contributed by atoms with E-state index in [1.807, 2.05) is 24.3 Å². The van der Waals surface area contributed by atoms with Gasteiger partial charge in [-0.1, -0.05) is 0 Å². The summed E-state index contributed by atoms with van der Waals surface area (Å²) in [6.07, 6.45) is 1.96. The highest BCUT2D eigenvalue weighted by atomic mass is 32.1. The second kappa shape index (κ2) is 5.87. The third-order valence-corrected chi connectivity index (χ3v) is 3.89. The summed E-state index contributed by atoms with van der Waals surface area (Å²) >= 11 is 1.78. The van der Waals surface area contributed by atoms with Crippen LogP contribution in [-0.4, -0.2) is 11.6 Å². The maximum atomic E-state index is 5.64. The van der Waals surface area contributed by atoms with Gasteiger partial charge in [0.2, 0.25) is 0 Å². The van der Waals surface area contributed by atoms with Crippen molar-refractivity contribution < 1.29 is 4.74 Å². The van der Waals surface area contributed by atoms with Crippen LogP contribution in [0.5, 0.6) is 5.75 Å². The second-order valence-corrected chi connectivity index (χ2v) is 5.56. The first kappa shape index (κ1) is 12.9. The van der Waals surface area contributed by atoms with E-state index in [4.69, 9.17) is 10.5 Å². The van der Waals surface area contributed by atoms with Gasteiger partial charge in [0.15, 0.2) is 0 Å². The highest BCUT2D eigenvalue weighted by Crippen LogP contribution is 2.18. The number of ether oxygens (including phenoxy) is 1. The zero-order valence-corrected chi connectivity index (χ0v) is 11.6. The number of hydrogen-bond donors (Lipinski definition) is 1. The maximum absolute atomic E-state index is 5.64. The molecule has 0 atom stereocenters. The van der Waals surface area contributed by atoms with E-state index in [1.54, 1.807) is 11.3 Å². The molecule has 0 radical (unpaired) electrons. The highest BCUT2D eigenvalue weighted by Gasteiger charge is 2.03. The lowest BCUT2D eigenvalue weighted by Crippen LogP contribution is -1.99. The van der Waals surface area contributed by atoms with Gasteiger partial charge < -0.3 is 10.5 Å².